The Hall–Kier alpha value is -2.81. The monoisotopic (exact) mass is 373 g/mol. The van der Waals surface area contributed by atoms with Gasteiger partial charge in [-0.2, -0.15) is 5.10 Å². The lowest BCUT2D eigenvalue weighted by molar-refractivity contribution is 0.0715. The van der Waals surface area contributed by atoms with Crippen molar-refractivity contribution in [2.75, 3.05) is 20.2 Å². The van der Waals surface area contributed by atoms with Crippen molar-refractivity contribution in [3.63, 3.8) is 0 Å². The van der Waals surface area contributed by atoms with Crippen LogP contribution >= 0.6 is 11.3 Å². The third-order valence-electron chi connectivity index (χ3n) is 4.01. The highest BCUT2D eigenvalue weighted by atomic mass is 32.1. The van der Waals surface area contributed by atoms with E-state index in [9.17, 15) is 4.79 Å². The average Bonchev–Trinajstić information content (AvgIpc) is 3.16. The molecule has 1 atom stereocenters. The van der Waals surface area contributed by atoms with Gasteiger partial charge in [0.1, 0.15) is 11.6 Å². The van der Waals surface area contributed by atoms with E-state index in [0.717, 1.165) is 21.4 Å². The molecular formula is C17H19N5O3S. The van der Waals surface area contributed by atoms with Crippen LogP contribution < -0.4 is 14.8 Å². The molecule has 3 heterocycles. The Balaban J connectivity index is 1.30. The van der Waals surface area contributed by atoms with E-state index in [1.54, 1.807) is 16.5 Å². The molecule has 1 unspecified atom stereocenters. The predicted octanol–water partition coefficient (Wildman–Crippen LogP) is 2.08. The average molecular weight is 373 g/mol. The van der Waals surface area contributed by atoms with E-state index in [1.165, 1.54) is 11.3 Å². The number of fused-ring (bicyclic) bond motifs is 2. The highest BCUT2D eigenvalue weighted by molar-refractivity contribution is 7.16. The van der Waals surface area contributed by atoms with Crippen molar-refractivity contribution in [2.45, 2.75) is 19.6 Å². The number of urea groups is 1. The molecule has 136 valence electrons. The summed E-state index contributed by atoms with van der Waals surface area (Å²) in [5.41, 5.74) is 0.775. The molecule has 2 amide bonds. The Morgan fingerprint density at radius 1 is 1.42 bits per heavy atom. The normalized spacial score (nSPS) is 15.8. The number of amides is 2. The summed E-state index contributed by atoms with van der Waals surface area (Å²) in [5.74, 6) is 1.44. The van der Waals surface area contributed by atoms with Gasteiger partial charge in [0.25, 0.3) is 0 Å². The van der Waals surface area contributed by atoms with Gasteiger partial charge in [-0.05, 0) is 19.1 Å². The summed E-state index contributed by atoms with van der Waals surface area (Å²) in [7, 11) is 1.73. The molecule has 1 aromatic carbocycles. The number of hydrogen-bond acceptors (Lipinski definition) is 6. The summed E-state index contributed by atoms with van der Waals surface area (Å²) in [6.45, 7) is 3.13. The number of aryl methyl sites for hydroxylation is 1. The zero-order chi connectivity index (χ0) is 18.1. The number of imidazole rings is 1. The lowest BCUT2D eigenvalue weighted by Gasteiger charge is -2.29. The number of hydrogen-bond donors (Lipinski definition) is 1. The first-order chi connectivity index (χ1) is 12.6. The molecule has 0 saturated heterocycles. The van der Waals surface area contributed by atoms with E-state index in [-0.39, 0.29) is 12.1 Å². The number of nitrogens with one attached hydrogen (secondary N) is 1. The fraction of sp³-hybridized carbons (Fsp3) is 0.353. The van der Waals surface area contributed by atoms with Crippen LogP contribution in [0, 0.1) is 6.92 Å². The second kappa shape index (κ2) is 6.83. The largest absolute Gasteiger partial charge is 0.486 e. The SMILES string of the molecule is Cc1nn2cc(CNC(=O)N(C)CC3COc4ccccc4O3)nc2s1. The Kier molecular flexibility index (Phi) is 4.37. The summed E-state index contributed by atoms with van der Waals surface area (Å²) in [5, 5.41) is 8.13. The van der Waals surface area contributed by atoms with Crippen molar-refractivity contribution in [1.29, 1.82) is 0 Å². The highest BCUT2D eigenvalue weighted by Gasteiger charge is 2.23. The highest BCUT2D eigenvalue weighted by Crippen LogP contribution is 2.30. The first-order valence-electron chi connectivity index (χ1n) is 8.27. The molecule has 0 saturated carbocycles. The van der Waals surface area contributed by atoms with Gasteiger partial charge in [0.05, 0.1) is 25.0 Å². The first-order valence-corrected chi connectivity index (χ1v) is 9.09. The standard InChI is InChI=1S/C17H19N5O3S/c1-11-20-22-8-12(19-17(22)26-11)7-18-16(23)21(2)9-13-10-24-14-5-3-4-6-15(14)25-13/h3-6,8,13H,7,9-10H2,1-2H3,(H,18,23). The second-order valence-corrected chi connectivity index (χ2v) is 7.28. The van der Waals surface area contributed by atoms with E-state index in [2.05, 4.69) is 15.4 Å². The molecule has 8 nitrogen and oxygen atoms in total. The van der Waals surface area contributed by atoms with E-state index in [0.29, 0.717) is 25.4 Å². The minimum Gasteiger partial charge on any atom is -0.486 e. The molecule has 1 aliphatic heterocycles. The fourth-order valence-corrected chi connectivity index (χ4v) is 3.52. The Morgan fingerprint density at radius 2 is 2.23 bits per heavy atom. The van der Waals surface area contributed by atoms with Crippen molar-refractivity contribution >= 4 is 22.3 Å². The number of likely N-dealkylation sites (N-methyl/N-ethyl adjacent to an activating group) is 1. The van der Waals surface area contributed by atoms with Crippen LogP contribution in [0.2, 0.25) is 0 Å². The van der Waals surface area contributed by atoms with Crippen molar-refractivity contribution in [1.82, 2.24) is 24.8 Å². The van der Waals surface area contributed by atoms with Gasteiger partial charge >= 0.3 is 6.03 Å². The van der Waals surface area contributed by atoms with Gasteiger partial charge in [0, 0.05) is 7.05 Å². The second-order valence-electron chi connectivity index (χ2n) is 6.12. The van der Waals surface area contributed by atoms with Gasteiger partial charge in [-0.3, -0.25) is 0 Å². The maximum atomic E-state index is 12.3. The molecule has 1 N–H and O–H groups in total. The molecule has 0 bridgehead atoms. The van der Waals surface area contributed by atoms with Gasteiger partial charge in [-0.15, -0.1) is 0 Å². The van der Waals surface area contributed by atoms with E-state index in [4.69, 9.17) is 9.47 Å². The zero-order valence-corrected chi connectivity index (χ0v) is 15.3. The number of para-hydroxylation sites is 2. The summed E-state index contributed by atoms with van der Waals surface area (Å²) in [6, 6.07) is 7.34. The van der Waals surface area contributed by atoms with Crippen LogP contribution in [0.5, 0.6) is 11.5 Å². The lowest BCUT2D eigenvalue weighted by Crippen LogP contribution is -2.45. The topological polar surface area (TPSA) is 81.0 Å². The van der Waals surface area contributed by atoms with Crippen LogP contribution in [0.1, 0.15) is 10.7 Å². The zero-order valence-electron chi connectivity index (χ0n) is 14.5. The van der Waals surface area contributed by atoms with Gasteiger partial charge < -0.3 is 19.7 Å². The smallest absolute Gasteiger partial charge is 0.317 e. The molecular weight excluding hydrogens is 354 g/mol. The van der Waals surface area contributed by atoms with Crippen LogP contribution in [0.4, 0.5) is 4.79 Å². The third kappa shape index (κ3) is 3.43. The lowest BCUT2D eigenvalue weighted by atomic mass is 10.2. The molecule has 26 heavy (non-hydrogen) atoms. The Bertz CT molecular complexity index is 906. The Labute approximate surface area is 154 Å². The maximum Gasteiger partial charge on any atom is 0.317 e. The number of ether oxygens (including phenoxy) is 2. The third-order valence-corrected chi connectivity index (χ3v) is 4.84. The van der Waals surface area contributed by atoms with Gasteiger partial charge in [-0.25, -0.2) is 14.3 Å². The maximum absolute atomic E-state index is 12.3. The van der Waals surface area contributed by atoms with Crippen molar-refractivity contribution in [3.8, 4) is 11.5 Å². The minimum absolute atomic E-state index is 0.187. The number of nitrogens with zero attached hydrogens (tertiary/aromatic N) is 4. The summed E-state index contributed by atoms with van der Waals surface area (Å²) < 4.78 is 13.3. The first kappa shape index (κ1) is 16.6. The van der Waals surface area contributed by atoms with Gasteiger partial charge in [0.15, 0.2) is 17.6 Å². The number of carbonyl (C=O) groups is 1. The summed E-state index contributed by atoms with van der Waals surface area (Å²) >= 11 is 1.52. The number of rotatable bonds is 4. The minimum atomic E-state index is -0.203. The molecule has 0 radical (unpaired) electrons. The van der Waals surface area contributed by atoms with Crippen LogP contribution in [0.3, 0.4) is 0 Å². The van der Waals surface area contributed by atoms with Crippen molar-refractivity contribution in [3.05, 3.63) is 41.2 Å². The Morgan fingerprint density at radius 3 is 3.04 bits per heavy atom. The van der Waals surface area contributed by atoms with E-state index in [1.807, 2.05) is 37.4 Å². The predicted molar refractivity (Wildman–Crippen MR) is 96.8 cm³/mol. The molecule has 0 aliphatic carbocycles. The van der Waals surface area contributed by atoms with Crippen LogP contribution in [-0.4, -0.2) is 51.8 Å². The molecule has 0 fully saturated rings. The molecule has 2 aromatic heterocycles. The quantitative estimate of drug-likeness (QED) is 0.757. The van der Waals surface area contributed by atoms with Crippen molar-refractivity contribution < 1.29 is 14.3 Å². The van der Waals surface area contributed by atoms with Crippen molar-refractivity contribution in [2.24, 2.45) is 0 Å². The number of benzene rings is 1. The molecule has 4 rings (SSSR count). The molecule has 9 heteroatoms. The summed E-state index contributed by atoms with van der Waals surface area (Å²) in [6.07, 6.45) is 1.62. The molecule has 3 aromatic rings. The van der Waals surface area contributed by atoms with Crippen LogP contribution in [0.25, 0.3) is 4.96 Å². The van der Waals surface area contributed by atoms with Gasteiger partial charge in [-0.1, -0.05) is 23.5 Å². The van der Waals surface area contributed by atoms with Crippen LogP contribution in [-0.2, 0) is 6.54 Å². The van der Waals surface area contributed by atoms with E-state index >= 15 is 0 Å². The summed E-state index contributed by atoms with van der Waals surface area (Å²) in [4.78, 5) is 19.2. The van der Waals surface area contributed by atoms with E-state index < -0.39 is 0 Å². The molecule has 1 aliphatic rings. The fourth-order valence-electron chi connectivity index (χ4n) is 2.77. The van der Waals surface area contributed by atoms with Crippen LogP contribution in [0.15, 0.2) is 30.5 Å². The molecule has 0 spiro atoms. The van der Waals surface area contributed by atoms with Gasteiger partial charge in [0.2, 0.25) is 4.96 Å². The number of aromatic nitrogens is 3. The number of carbonyl (C=O) groups excluding carboxylic acids is 1.